The number of carboxylic acids is 1. The van der Waals surface area contributed by atoms with Gasteiger partial charge in [0.1, 0.15) is 12.4 Å². The van der Waals surface area contributed by atoms with E-state index in [1.54, 1.807) is 12.1 Å². The number of ether oxygens (including phenoxy) is 1. The lowest BCUT2D eigenvalue weighted by atomic mass is 10.1. The molecule has 0 aliphatic rings. The Morgan fingerprint density at radius 1 is 0.923 bits per heavy atom. The molecule has 0 spiro atoms. The summed E-state index contributed by atoms with van der Waals surface area (Å²) in [7, 11) is 0. The number of aliphatic hydroxyl groups excluding tert-OH is 1. The van der Waals surface area contributed by atoms with Crippen LogP contribution in [0.1, 0.15) is 15.9 Å². The molecule has 3 aromatic rings. The van der Waals surface area contributed by atoms with Gasteiger partial charge < -0.3 is 14.9 Å². The number of rotatable bonds is 6. The number of hydrogen-bond donors (Lipinski definition) is 2. The lowest BCUT2D eigenvalue weighted by Crippen LogP contribution is -2.04. The highest BCUT2D eigenvalue weighted by atomic mass is 16.5. The number of hydrogen-bond acceptors (Lipinski definition) is 4. The van der Waals surface area contributed by atoms with E-state index in [4.69, 9.17) is 9.84 Å². The van der Waals surface area contributed by atoms with E-state index >= 15 is 0 Å². The fourth-order valence-electron chi connectivity index (χ4n) is 2.59. The van der Waals surface area contributed by atoms with Gasteiger partial charge in [0.2, 0.25) is 5.76 Å². The maximum atomic E-state index is 12.0. The predicted octanol–water partition coefficient (Wildman–Crippen LogP) is 4.13. The molecule has 5 nitrogen and oxygen atoms in total. The van der Waals surface area contributed by atoms with E-state index in [0.29, 0.717) is 18.4 Å². The maximum Gasteiger partial charge on any atom is 0.371 e. The van der Waals surface area contributed by atoms with E-state index in [0.717, 1.165) is 16.3 Å². The zero-order valence-electron chi connectivity index (χ0n) is 13.8. The molecule has 0 amide bonds. The fourth-order valence-corrected chi connectivity index (χ4v) is 2.59. The molecule has 0 bridgehead atoms. The van der Waals surface area contributed by atoms with Crippen molar-refractivity contribution < 1.29 is 24.5 Å². The molecule has 0 heterocycles. The molecule has 26 heavy (non-hydrogen) atoms. The highest BCUT2D eigenvalue weighted by Gasteiger charge is 2.10. The van der Waals surface area contributed by atoms with Crippen LogP contribution in [0.5, 0.6) is 5.75 Å². The number of carboxylic acid groups (broad SMARTS) is 1. The quantitative estimate of drug-likeness (QED) is 0.397. The fraction of sp³-hybridized carbons (Fsp3) is 0.0476. The summed E-state index contributed by atoms with van der Waals surface area (Å²) in [6, 6.07) is 20.3. The van der Waals surface area contributed by atoms with E-state index in [1.165, 1.54) is 12.1 Å². The van der Waals surface area contributed by atoms with Crippen molar-refractivity contribution in [1.82, 2.24) is 0 Å². The van der Waals surface area contributed by atoms with E-state index in [-0.39, 0.29) is 5.56 Å². The number of carbonyl (C=O) groups excluding carboxylic acids is 1. The van der Waals surface area contributed by atoms with Crippen molar-refractivity contribution in [3.63, 3.8) is 0 Å². The zero-order valence-corrected chi connectivity index (χ0v) is 13.8. The molecule has 3 aromatic carbocycles. The topological polar surface area (TPSA) is 83.8 Å². The van der Waals surface area contributed by atoms with Crippen LogP contribution in [0.15, 0.2) is 78.6 Å². The first kappa shape index (κ1) is 17.2. The van der Waals surface area contributed by atoms with Gasteiger partial charge in [-0.15, -0.1) is 0 Å². The van der Waals surface area contributed by atoms with Crippen molar-refractivity contribution in [2.75, 3.05) is 0 Å². The standard InChI is InChI=1S/C21H16O5/c22-19(12-20(23)21(24)25)15-7-4-9-17(11-15)26-13-16-8-3-6-14-5-1-2-10-18(14)16/h1-12,23H,13H2,(H,24,25)/b20-12-. The van der Waals surface area contributed by atoms with Crippen molar-refractivity contribution >= 4 is 22.5 Å². The normalized spacial score (nSPS) is 11.3. The lowest BCUT2D eigenvalue weighted by Gasteiger charge is -2.10. The third-order valence-corrected chi connectivity index (χ3v) is 3.88. The molecule has 0 saturated heterocycles. The van der Waals surface area contributed by atoms with Crippen LogP contribution >= 0.6 is 0 Å². The van der Waals surface area contributed by atoms with Crippen LogP contribution in [0.4, 0.5) is 0 Å². The first-order valence-electron chi connectivity index (χ1n) is 7.92. The molecule has 130 valence electrons. The second kappa shape index (κ2) is 7.53. The maximum absolute atomic E-state index is 12.0. The monoisotopic (exact) mass is 348 g/mol. The summed E-state index contributed by atoms with van der Waals surface area (Å²) in [5, 5.41) is 20.0. The second-order valence-corrected chi connectivity index (χ2v) is 5.65. The summed E-state index contributed by atoms with van der Waals surface area (Å²) in [5.41, 5.74) is 1.25. The molecule has 0 fully saturated rings. The third-order valence-electron chi connectivity index (χ3n) is 3.88. The van der Waals surface area contributed by atoms with Crippen LogP contribution in [0, 0.1) is 0 Å². The van der Waals surface area contributed by atoms with Gasteiger partial charge in [-0.25, -0.2) is 4.79 Å². The molecule has 2 N–H and O–H groups in total. The Morgan fingerprint density at radius 3 is 2.46 bits per heavy atom. The number of carbonyl (C=O) groups is 2. The number of benzene rings is 3. The third kappa shape index (κ3) is 3.89. The SMILES string of the molecule is O=C(O)/C(O)=C/C(=O)c1cccc(OCc2cccc3ccccc23)c1. The molecule has 3 rings (SSSR count). The molecule has 5 heteroatoms. The highest BCUT2D eigenvalue weighted by molar-refractivity contribution is 6.07. The Kier molecular flexibility index (Phi) is 4.99. The lowest BCUT2D eigenvalue weighted by molar-refractivity contribution is -0.135. The molecule has 0 aliphatic carbocycles. The van der Waals surface area contributed by atoms with E-state index in [9.17, 15) is 14.7 Å². The Morgan fingerprint density at radius 2 is 1.65 bits per heavy atom. The Balaban J connectivity index is 1.78. The van der Waals surface area contributed by atoms with Crippen molar-refractivity contribution in [2.24, 2.45) is 0 Å². The number of allylic oxidation sites excluding steroid dienone is 1. The first-order chi connectivity index (χ1) is 12.5. The largest absolute Gasteiger partial charge is 0.502 e. The van der Waals surface area contributed by atoms with Crippen LogP contribution in [-0.2, 0) is 11.4 Å². The van der Waals surface area contributed by atoms with Gasteiger partial charge in [-0.3, -0.25) is 4.79 Å². The van der Waals surface area contributed by atoms with Crippen LogP contribution < -0.4 is 4.74 Å². The summed E-state index contributed by atoms with van der Waals surface area (Å²) in [6.45, 7) is 0.329. The van der Waals surface area contributed by atoms with Crippen LogP contribution in [0.3, 0.4) is 0 Å². The van der Waals surface area contributed by atoms with Gasteiger partial charge >= 0.3 is 5.97 Å². The minimum atomic E-state index is -1.55. The minimum Gasteiger partial charge on any atom is -0.502 e. The average molecular weight is 348 g/mol. The van der Waals surface area contributed by atoms with Crippen molar-refractivity contribution in [2.45, 2.75) is 6.61 Å². The molecule has 0 aliphatic heterocycles. The average Bonchev–Trinajstić information content (AvgIpc) is 2.66. The van der Waals surface area contributed by atoms with Crippen LogP contribution in [0.2, 0.25) is 0 Å². The Labute approximate surface area is 149 Å². The smallest absolute Gasteiger partial charge is 0.371 e. The molecular formula is C21H16O5. The molecule has 0 unspecified atom stereocenters. The van der Waals surface area contributed by atoms with Gasteiger partial charge in [-0.1, -0.05) is 54.6 Å². The summed E-state index contributed by atoms with van der Waals surface area (Å²) in [4.78, 5) is 22.6. The predicted molar refractivity (Wildman–Crippen MR) is 97.4 cm³/mol. The van der Waals surface area contributed by atoms with Crippen LogP contribution in [-0.4, -0.2) is 22.0 Å². The Hall–Kier alpha value is -3.60. The summed E-state index contributed by atoms with van der Waals surface area (Å²) in [6.07, 6.45) is 0.673. The van der Waals surface area contributed by atoms with Gasteiger partial charge in [0, 0.05) is 11.6 Å². The summed E-state index contributed by atoms with van der Waals surface area (Å²) < 4.78 is 5.79. The van der Waals surface area contributed by atoms with E-state index in [1.807, 2.05) is 42.5 Å². The van der Waals surface area contributed by atoms with E-state index < -0.39 is 17.5 Å². The molecular weight excluding hydrogens is 332 g/mol. The highest BCUT2D eigenvalue weighted by Crippen LogP contribution is 2.21. The molecule has 0 radical (unpaired) electrons. The number of aliphatic hydroxyl groups is 1. The van der Waals surface area contributed by atoms with Gasteiger partial charge in [0.25, 0.3) is 0 Å². The second-order valence-electron chi connectivity index (χ2n) is 5.65. The van der Waals surface area contributed by atoms with Gasteiger partial charge in [0.05, 0.1) is 0 Å². The zero-order chi connectivity index (χ0) is 18.5. The van der Waals surface area contributed by atoms with E-state index in [2.05, 4.69) is 0 Å². The molecule has 0 aromatic heterocycles. The first-order valence-corrected chi connectivity index (χ1v) is 7.92. The van der Waals surface area contributed by atoms with Crippen molar-refractivity contribution in [1.29, 1.82) is 0 Å². The van der Waals surface area contributed by atoms with Gasteiger partial charge in [0.15, 0.2) is 5.78 Å². The van der Waals surface area contributed by atoms with Crippen molar-refractivity contribution in [3.8, 4) is 5.75 Å². The molecule has 0 saturated carbocycles. The van der Waals surface area contributed by atoms with Gasteiger partial charge in [-0.2, -0.15) is 0 Å². The van der Waals surface area contributed by atoms with Crippen LogP contribution in [0.25, 0.3) is 10.8 Å². The Bertz CT molecular complexity index is 999. The number of aliphatic carboxylic acids is 1. The number of fused-ring (bicyclic) bond motifs is 1. The molecule has 0 atom stereocenters. The minimum absolute atomic E-state index is 0.230. The summed E-state index contributed by atoms with van der Waals surface area (Å²) in [5.74, 6) is -2.69. The van der Waals surface area contributed by atoms with Gasteiger partial charge in [-0.05, 0) is 28.5 Å². The number of ketones is 1. The summed E-state index contributed by atoms with van der Waals surface area (Å²) >= 11 is 0. The van der Waals surface area contributed by atoms with Crippen molar-refractivity contribution in [3.05, 3.63) is 89.7 Å².